The lowest BCUT2D eigenvalue weighted by Crippen LogP contribution is -1.81. The Kier molecular flexibility index (Phi) is 3.06. The molecule has 0 aliphatic heterocycles. The quantitative estimate of drug-likeness (QED) is 0.409. The van der Waals surface area contributed by atoms with Gasteiger partial charge in [-0.25, -0.2) is 0 Å². The van der Waals surface area contributed by atoms with E-state index in [0.29, 0.717) is 0 Å². The van der Waals surface area contributed by atoms with Gasteiger partial charge < -0.3 is 0 Å². The van der Waals surface area contributed by atoms with Gasteiger partial charge in [-0.1, -0.05) is 54.6 Å². The highest BCUT2D eigenvalue weighted by molar-refractivity contribution is 7.17. The van der Waals surface area contributed by atoms with E-state index in [1.807, 2.05) is 0 Å². The summed E-state index contributed by atoms with van der Waals surface area (Å²) in [6.07, 6.45) is 0. The molecule has 0 aliphatic rings. The molecule has 0 bridgehead atoms. The molecule has 3 aromatic carbocycles. The Morgan fingerprint density at radius 3 is 2.10 bits per heavy atom. The predicted molar refractivity (Wildman–Crippen MR) is 92.7 cm³/mol. The molecule has 0 aliphatic carbocycles. The third-order valence-electron chi connectivity index (χ3n) is 3.76. The van der Waals surface area contributed by atoms with Gasteiger partial charge in [0, 0.05) is 4.70 Å². The van der Waals surface area contributed by atoms with Crippen LogP contribution in [0, 0.1) is 0 Å². The second-order valence-corrected chi connectivity index (χ2v) is 6.07. The van der Waals surface area contributed by atoms with E-state index in [2.05, 4.69) is 84.2 Å². The number of hydrogen-bond donors (Lipinski definition) is 0. The predicted octanol–water partition coefficient (Wildman–Crippen LogP) is 6.24. The first-order chi connectivity index (χ1) is 10.4. The van der Waals surface area contributed by atoms with Crippen LogP contribution in [-0.2, 0) is 0 Å². The molecule has 0 N–H and O–H groups in total. The zero-order valence-corrected chi connectivity index (χ0v) is 12.3. The van der Waals surface area contributed by atoms with Crippen LogP contribution < -0.4 is 0 Å². The van der Waals surface area contributed by atoms with Gasteiger partial charge in [0.25, 0.3) is 0 Å². The molecule has 1 heterocycles. The molecule has 0 amide bonds. The topological polar surface area (TPSA) is 0 Å². The van der Waals surface area contributed by atoms with E-state index in [1.165, 1.54) is 32.3 Å². The summed E-state index contributed by atoms with van der Waals surface area (Å²) in [4.78, 5) is 0. The summed E-state index contributed by atoms with van der Waals surface area (Å²) in [5.74, 6) is 0. The van der Waals surface area contributed by atoms with Crippen molar-refractivity contribution in [2.75, 3.05) is 0 Å². The largest absolute Gasteiger partial charge is 0.144 e. The summed E-state index contributed by atoms with van der Waals surface area (Å²) in [5, 5.41) is 3.47. The highest BCUT2D eigenvalue weighted by Crippen LogP contribution is 2.30. The van der Waals surface area contributed by atoms with Crippen molar-refractivity contribution in [1.82, 2.24) is 0 Å². The van der Waals surface area contributed by atoms with Crippen LogP contribution in [0.1, 0.15) is 0 Å². The SMILES string of the molecule is c1ccc(-c2cccc(-c3ccc4sccc4c3)c2)cc1. The molecule has 0 saturated carbocycles. The molecule has 4 aromatic rings. The fourth-order valence-corrected chi connectivity index (χ4v) is 3.43. The Labute approximate surface area is 128 Å². The van der Waals surface area contributed by atoms with Crippen molar-refractivity contribution in [3.8, 4) is 22.3 Å². The van der Waals surface area contributed by atoms with Crippen molar-refractivity contribution >= 4 is 21.4 Å². The first-order valence-corrected chi connectivity index (χ1v) is 7.91. The average Bonchev–Trinajstić information content (AvgIpc) is 3.03. The van der Waals surface area contributed by atoms with Gasteiger partial charge in [-0.2, -0.15) is 0 Å². The van der Waals surface area contributed by atoms with E-state index < -0.39 is 0 Å². The summed E-state index contributed by atoms with van der Waals surface area (Å²) >= 11 is 1.79. The van der Waals surface area contributed by atoms with Gasteiger partial charge in [0.2, 0.25) is 0 Å². The fraction of sp³-hybridized carbons (Fsp3) is 0. The number of fused-ring (bicyclic) bond motifs is 1. The van der Waals surface area contributed by atoms with E-state index in [4.69, 9.17) is 0 Å². The van der Waals surface area contributed by atoms with Gasteiger partial charge in [-0.3, -0.25) is 0 Å². The van der Waals surface area contributed by atoms with Crippen LogP contribution in [0.3, 0.4) is 0 Å². The first-order valence-electron chi connectivity index (χ1n) is 7.03. The Bertz CT molecular complexity index is 888. The first kappa shape index (κ1) is 12.4. The molecular weight excluding hydrogens is 272 g/mol. The summed E-state index contributed by atoms with van der Waals surface area (Å²) in [7, 11) is 0. The highest BCUT2D eigenvalue weighted by Gasteiger charge is 2.03. The maximum absolute atomic E-state index is 2.27. The van der Waals surface area contributed by atoms with Gasteiger partial charge in [0.15, 0.2) is 0 Å². The third kappa shape index (κ3) is 2.37. The molecule has 0 nitrogen and oxygen atoms in total. The highest BCUT2D eigenvalue weighted by atomic mass is 32.1. The summed E-state index contributed by atoms with van der Waals surface area (Å²) in [5.41, 5.74) is 5.07. The van der Waals surface area contributed by atoms with E-state index >= 15 is 0 Å². The van der Waals surface area contributed by atoms with Gasteiger partial charge in [0.1, 0.15) is 0 Å². The zero-order valence-electron chi connectivity index (χ0n) is 11.5. The van der Waals surface area contributed by atoms with E-state index in [-0.39, 0.29) is 0 Å². The Hall–Kier alpha value is -2.38. The molecule has 1 aromatic heterocycles. The Balaban J connectivity index is 1.81. The van der Waals surface area contributed by atoms with E-state index in [1.54, 1.807) is 11.3 Å². The zero-order chi connectivity index (χ0) is 14.1. The maximum Gasteiger partial charge on any atom is 0.0343 e. The van der Waals surface area contributed by atoms with Gasteiger partial charge in [-0.15, -0.1) is 11.3 Å². The van der Waals surface area contributed by atoms with Crippen LogP contribution in [0.15, 0.2) is 84.2 Å². The molecule has 21 heavy (non-hydrogen) atoms. The van der Waals surface area contributed by atoms with Crippen molar-refractivity contribution in [3.63, 3.8) is 0 Å². The van der Waals surface area contributed by atoms with Crippen LogP contribution >= 0.6 is 11.3 Å². The minimum absolute atomic E-state index is 1.26. The Morgan fingerprint density at radius 1 is 0.524 bits per heavy atom. The van der Waals surface area contributed by atoms with Crippen LogP contribution in [0.25, 0.3) is 32.3 Å². The molecule has 100 valence electrons. The number of rotatable bonds is 2. The molecule has 0 unspecified atom stereocenters. The standard InChI is InChI=1S/C20H14S/c1-2-5-15(6-3-1)16-7-4-8-17(13-16)18-9-10-20-19(14-18)11-12-21-20/h1-14H. The monoisotopic (exact) mass is 286 g/mol. The summed E-state index contributed by atoms with van der Waals surface area (Å²) in [6, 6.07) is 28.2. The fourth-order valence-electron chi connectivity index (χ4n) is 2.66. The normalized spacial score (nSPS) is 10.9. The van der Waals surface area contributed by atoms with Gasteiger partial charge >= 0.3 is 0 Å². The van der Waals surface area contributed by atoms with Crippen molar-refractivity contribution in [2.24, 2.45) is 0 Å². The van der Waals surface area contributed by atoms with Crippen molar-refractivity contribution in [1.29, 1.82) is 0 Å². The lowest BCUT2D eigenvalue weighted by Gasteiger charge is -2.06. The molecule has 0 radical (unpaired) electrons. The summed E-state index contributed by atoms with van der Waals surface area (Å²) in [6.45, 7) is 0. The second-order valence-electron chi connectivity index (χ2n) is 5.12. The van der Waals surface area contributed by atoms with Crippen molar-refractivity contribution < 1.29 is 0 Å². The van der Waals surface area contributed by atoms with Crippen LogP contribution in [0.4, 0.5) is 0 Å². The van der Waals surface area contributed by atoms with Gasteiger partial charge in [0.05, 0.1) is 0 Å². The van der Waals surface area contributed by atoms with Crippen LogP contribution in [0.2, 0.25) is 0 Å². The molecule has 0 atom stereocenters. The van der Waals surface area contributed by atoms with Crippen molar-refractivity contribution in [3.05, 3.63) is 84.2 Å². The summed E-state index contributed by atoms with van der Waals surface area (Å²) < 4.78 is 1.35. The smallest absolute Gasteiger partial charge is 0.0343 e. The van der Waals surface area contributed by atoms with Crippen LogP contribution in [-0.4, -0.2) is 0 Å². The molecular formula is C20H14S. The average molecular weight is 286 g/mol. The lowest BCUT2D eigenvalue weighted by molar-refractivity contribution is 1.60. The third-order valence-corrected chi connectivity index (χ3v) is 4.65. The van der Waals surface area contributed by atoms with Crippen molar-refractivity contribution in [2.45, 2.75) is 0 Å². The van der Waals surface area contributed by atoms with Gasteiger partial charge in [-0.05, 0) is 57.3 Å². The van der Waals surface area contributed by atoms with E-state index in [0.717, 1.165) is 0 Å². The lowest BCUT2D eigenvalue weighted by atomic mass is 9.98. The number of benzene rings is 3. The molecule has 0 fully saturated rings. The number of thiophene rings is 1. The Morgan fingerprint density at radius 2 is 1.24 bits per heavy atom. The second kappa shape index (κ2) is 5.19. The molecule has 0 spiro atoms. The van der Waals surface area contributed by atoms with E-state index in [9.17, 15) is 0 Å². The van der Waals surface area contributed by atoms with Crippen LogP contribution in [0.5, 0.6) is 0 Å². The molecule has 0 saturated heterocycles. The maximum atomic E-state index is 2.27. The molecule has 4 rings (SSSR count). The number of hydrogen-bond acceptors (Lipinski definition) is 1. The molecule has 1 heteroatoms. The minimum atomic E-state index is 1.26. The minimum Gasteiger partial charge on any atom is -0.144 e.